The Hall–Kier alpha value is -1.20. The van der Waals surface area contributed by atoms with Gasteiger partial charge in [-0.25, -0.2) is 8.78 Å². The molecular formula is C14H22F2N2O. The maximum Gasteiger partial charge on any atom is 0.149 e. The van der Waals surface area contributed by atoms with Crippen LogP contribution in [-0.2, 0) is 6.54 Å². The van der Waals surface area contributed by atoms with Gasteiger partial charge in [0.2, 0.25) is 0 Å². The number of aliphatic hydroxyl groups is 1. The van der Waals surface area contributed by atoms with E-state index in [1.54, 1.807) is 20.9 Å². The molecule has 0 bridgehead atoms. The molecule has 108 valence electrons. The summed E-state index contributed by atoms with van der Waals surface area (Å²) >= 11 is 0. The Balaban J connectivity index is 3.10. The normalized spacial score (nSPS) is 11.7. The Morgan fingerprint density at radius 3 is 2.21 bits per heavy atom. The Morgan fingerprint density at radius 1 is 1.26 bits per heavy atom. The van der Waals surface area contributed by atoms with Crippen molar-refractivity contribution in [3.63, 3.8) is 0 Å². The second-order valence-corrected chi connectivity index (χ2v) is 5.22. The van der Waals surface area contributed by atoms with Gasteiger partial charge in [0.15, 0.2) is 0 Å². The summed E-state index contributed by atoms with van der Waals surface area (Å²) in [6, 6.07) is 2.65. The van der Waals surface area contributed by atoms with Crippen LogP contribution in [0.1, 0.15) is 26.3 Å². The lowest BCUT2D eigenvalue weighted by Crippen LogP contribution is -2.45. The van der Waals surface area contributed by atoms with Crippen LogP contribution in [0, 0.1) is 11.6 Å². The minimum absolute atomic E-state index is 0.112. The molecule has 19 heavy (non-hydrogen) atoms. The fourth-order valence-electron chi connectivity index (χ4n) is 1.72. The standard InChI is InChI=1S/C14H22F2N2O/c1-5-17-8-10-6-11(15)13(12(16)7-10)18(4)14(2,3)9-19/h6-7,17,19H,5,8-9H2,1-4H3. The van der Waals surface area contributed by atoms with Crippen molar-refractivity contribution < 1.29 is 13.9 Å². The quantitative estimate of drug-likeness (QED) is 0.834. The van der Waals surface area contributed by atoms with E-state index in [1.165, 1.54) is 17.0 Å². The van der Waals surface area contributed by atoms with Crippen molar-refractivity contribution in [3.8, 4) is 0 Å². The molecule has 5 heteroatoms. The zero-order valence-electron chi connectivity index (χ0n) is 11.9. The minimum atomic E-state index is -0.731. The number of likely N-dealkylation sites (N-methyl/N-ethyl adjacent to an activating group) is 1. The number of nitrogens with one attached hydrogen (secondary N) is 1. The molecule has 0 saturated carbocycles. The molecule has 0 aliphatic carbocycles. The van der Waals surface area contributed by atoms with E-state index in [0.29, 0.717) is 12.1 Å². The van der Waals surface area contributed by atoms with Gasteiger partial charge in [-0.2, -0.15) is 0 Å². The number of anilines is 1. The van der Waals surface area contributed by atoms with Gasteiger partial charge in [0.1, 0.15) is 17.3 Å². The van der Waals surface area contributed by atoms with E-state index in [2.05, 4.69) is 5.32 Å². The van der Waals surface area contributed by atoms with Gasteiger partial charge in [0, 0.05) is 13.6 Å². The predicted octanol–water partition coefficient (Wildman–Crippen LogP) is 2.28. The zero-order chi connectivity index (χ0) is 14.6. The van der Waals surface area contributed by atoms with Crippen LogP contribution in [0.3, 0.4) is 0 Å². The molecule has 3 nitrogen and oxygen atoms in total. The lowest BCUT2D eigenvalue weighted by Gasteiger charge is -2.36. The third-order valence-electron chi connectivity index (χ3n) is 3.29. The van der Waals surface area contributed by atoms with Crippen molar-refractivity contribution in [1.29, 1.82) is 0 Å². The van der Waals surface area contributed by atoms with Crippen molar-refractivity contribution in [2.75, 3.05) is 25.1 Å². The van der Waals surface area contributed by atoms with E-state index in [4.69, 9.17) is 0 Å². The van der Waals surface area contributed by atoms with Crippen LogP contribution < -0.4 is 10.2 Å². The summed E-state index contributed by atoms with van der Waals surface area (Å²) in [5.41, 5.74) is -0.277. The molecule has 1 rings (SSSR count). The van der Waals surface area contributed by atoms with E-state index in [9.17, 15) is 13.9 Å². The molecule has 0 fully saturated rings. The SMILES string of the molecule is CCNCc1cc(F)c(N(C)C(C)(C)CO)c(F)c1. The Labute approximate surface area is 113 Å². The van der Waals surface area contributed by atoms with Gasteiger partial charge < -0.3 is 15.3 Å². The van der Waals surface area contributed by atoms with E-state index in [0.717, 1.165) is 6.54 Å². The average molecular weight is 272 g/mol. The Morgan fingerprint density at radius 2 is 1.79 bits per heavy atom. The van der Waals surface area contributed by atoms with Crippen LogP contribution in [0.4, 0.5) is 14.5 Å². The molecule has 0 radical (unpaired) electrons. The number of halogens is 2. The molecule has 0 unspecified atom stereocenters. The van der Waals surface area contributed by atoms with Crippen LogP contribution in [0.5, 0.6) is 0 Å². The second-order valence-electron chi connectivity index (χ2n) is 5.22. The van der Waals surface area contributed by atoms with Gasteiger partial charge >= 0.3 is 0 Å². The summed E-state index contributed by atoms with van der Waals surface area (Å²) in [5, 5.41) is 12.3. The van der Waals surface area contributed by atoms with E-state index >= 15 is 0 Å². The number of benzene rings is 1. The minimum Gasteiger partial charge on any atom is -0.394 e. The molecular weight excluding hydrogens is 250 g/mol. The van der Waals surface area contributed by atoms with Crippen LogP contribution in [0.15, 0.2) is 12.1 Å². The number of rotatable bonds is 6. The Kier molecular flexibility index (Phi) is 5.26. The predicted molar refractivity (Wildman–Crippen MR) is 73.3 cm³/mol. The number of hydrogen-bond acceptors (Lipinski definition) is 3. The largest absolute Gasteiger partial charge is 0.394 e. The summed E-state index contributed by atoms with van der Waals surface area (Å²) in [4.78, 5) is 1.43. The fourth-order valence-corrected chi connectivity index (χ4v) is 1.72. The summed E-state index contributed by atoms with van der Waals surface area (Å²) in [6.07, 6.45) is 0. The highest BCUT2D eigenvalue weighted by atomic mass is 19.1. The third kappa shape index (κ3) is 3.64. The van der Waals surface area contributed by atoms with Crippen molar-refractivity contribution in [2.24, 2.45) is 0 Å². The van der Waals surface area contributed by atoms with Gasteiger partial charge in [0.25, 0.3) is 0 Å². The monoisotopic (exact) mass is 272 g/mol. The van der Waals surface area contributed by atoms with Crippen LogP contribution in [0.25, 0.3) is 0 Å². The maximum atomic E-state index is 14.1. The topological polar surface area (TPSA) is 35.5 Å². The van der Waals surface area contributed by atoms with Crippen molar-refractivity contribution >= 4 is 5.69 Å². The molecule has 1 aromatic rings. The van der Waals surface area contributed by atoms with E-state index in [-0.39, 0.29) is 12.3 Å². The van der Waals surface area contributed by atoms with Crippen molar-refractivity contribution in [3.05, 3.63) is 29.3 Å². The molecule has 0 aliphatic rings. The van der Waals surface area contributed by atoms with Gasteiger partial charge in [-0.1, -0.05) is 6.92 Å². The van der Waals surface area contributed by atoms with Gasteiger partial charge in [-0.3, -0.25) is 0 Å². The fraction of sp³-hybridized carbons (Fsp3) is 0.571. The number of aliphatic hydroxyl groups excluding tert-OH is 1. The van der Waals surface area contributed by atoms with Crippen LogP contribution in [-0.4, -0.2) is 30.8 Å². The molecule has 0 spiro atoms. The van der Waals surface area contributed by atoms with Crippen molar-refractivity contribution in [1.82, 2.24) is 5.32 Å². The molecule has 2 N–H and O–H groups in total. The first-order chi connectivity index (χ1) is 8.83. The first-order valence-corrected chi connectivity index (χ1v) is 6.36. The molecule has 0 saturated heterocycles. The zero-order valence-corrected chi connectivity index (χ0v) is 11.9. The molecule has 1 aromatic carbocycles. The Bertz CT molecular complexity index is 412. The highest BCUT2D eigenvalue weighted by Gasteiger charge is 2.27. The number of hydrogen-bond donors (Lipinski definition) is 2. The molecule has 0 aromatic heterocycles. The summed E-state index contributed by atoms with van der Waals surface area (Å²) in [6.45, 7) is 6.34. The lowest BCUT2D eigenvalue weighted by atomic mass is 10.0. The van der Waals surface area contributed by atoms with Gasteiger partial charge in [0.05, 0.1) is 12.1 Å². The first kappa shape index (κ1) is 15.9. The van der Waals surface area contributed by atoms with E-state index in [1.807, 2.05) is 6.92 Å². The number of nitrogens with zero attached hydrogens (tertiary/aromatic N) is 1. The smallest absolute Gasteiger partial charge is 0.149 e. The first-order valence-electron chi connectivity index (χ1n) is 6.36. The van der Waals surface area contributed by atoms with Crippen LogP contribution >= 0.6 is 0 Å². The molecule has 0 aliphatic heterocycles. The molecule has 0 amide bonds. The summed E-state index contributed by atoms with van der Waals surface area (Å²) < 4.78 is 28.1. The maximum absolute atomic E-state index is 14.1. The van der Waals surface area contributed by atoms with Crippen molar-refractivity contribution in [2.45, 2.75) is 32.9 Å². The third-order valence-corrected chi connectivity index (χ3v) is 3.29. The summed E-state index contributed by atoms with van der Waals surface area (Å²) in [7, 11) is 1.57. The van der Waals surface area contributed by atoms with Crippen LogP contribution in [0.2, 0.25) is 0 Å². The van der Waals surface area contributed by atoms with Gasteiger partial charge in [-0.05, 0) is 38.1 Å². The average Bonchev–Trinajstić information content (AvgIpc) is 2.35. The summed E-state index contributed by atoms with van der Waals surface area (Å²) in [5.74, 6) is -1.23. The highest BCUT2D eigenvalue weighted by molar-refractivity contribution is 5.52. The highest BCUT2D eigenvalue weighted by Crippen LogP contribution is 2.29. The second kappa shape index (κ2) is 6.30. The van der Waals surface area contributed by atoms with Gasteiger partial charge in [-0.15, -0.1) is 0 Å². The molecule has 0 heterocycles. The van der Waals surface area contributed by atoms with E-state index < -0.39 is 17.2 Å². The molecule has 0 atom stereocenters. The lowest BCUT2D eigenvalue weighted by molar-refractivity contribution is 0.215.